The van der Waals surface area contributed by atoms with Crippen LogP contribution in [-0.4, -0.2) is 45.7 Å². The lowest BCUT2D eigenvalue weighted by Gasteiger charge is -2.32. The number of rotatable bonds is 5. The Morgan fingerprint density at radius 1 is 1.48 bits per heavy atom. The summed E-state index contributed by atoms with van der Waals surface area (Å²) in [6.45, 7) is 2.17. The van der Waals surface area contributed by atoms with Crippen molar-refractivity contribution >= 4 is 17.7 Å². The summed E-state index contributed by atoms with van der Waals surface area (Å²) < 4.78 is 0. The molecule has 1 unspecified atom stereocenters. The van der Waals surface area contributed by atoms with Crippen molar-refractivity contribution in [3.8, 4) is 0 Å². The Morgan fingerprint density at radius 3 is 3.13 bits per heavy atom. The maximum absolute atomic E-state index is 12.3. The molecule has 8 heteroatoms. The standard InChI is InChI=1S/C15H21N7O/c16-15-19-12(20-21-15)6-8-18-14(23)11-4-3-9-22(10-11)13-5-1-2-7-17-13/h1-2,5,7,11H,3-4,6,8-10H2,(H,18,23)(H3,16,19,20,21). The largest absolute Gasteiger partial charge is 0.367 e. The van der Waals surface area contributed by atoms with E-state index < -0.39 is 0 Å². The molecule has 1 fully saturated rings. The summed E-state index contributed by atoms with van der Waals surface area (Å²) >= 11 is 0. The number of amides is 1. The van der Waals surface area contributed by atoms with Gasteiger partial charge in [-0.05, 0) is 25.0 Å². The summed E-state index contributed by atoms with van der Waals surface area (Å²) in [5, 5.41) is 9.46. The molecule has 0 radical (unpaired) electrons. The summed E-state index contributed by atoms with van der Waals surface area (Å²) in [5.74, 6) is 1.91. The number of hydrogen-bond donors (Lipinski definition) is 3. The third-order valence-corrected chi connectivity index (χ3v) is 3.98. The first-order valence-corrected chi connectivity index (χ1v) is 7.83. The Labute approximate surface area is 134 Å². The van der Waals surface area contributed by atoms with Crippen molar-refractivity contribution < 1.29 is 4.79 Å². The minimum absolute atomic E-state index is 0.00875. The zero-order chi connectivity index (χ0) is 16.1. The van der Waals surface area contributed by atoms with E-state index in [1.54, 1.807) is 6.20 Å². The maximum atomic E-state index is 12.3. The fourth-order valence-corrected chi connectivity index (χ4v) is 2.81. The lowest BCUT2D eigenvalue weighted by Crippen LogP contribution is -2.43. The SMILES string of the molecule is Nc1n[nH]c(CCNC(=O)C2CCCN(c3ccccn3)C2)n1. The van der Waals surface area contributed by atoms with E-state index in [-0.39, 0.29) is 17.8 Å². The average molecular weight is 315 g/mol. The highest BCUT2D eigenvalue weighted by Gasteiger charge is 2.26. The van der Waals surface area contributed by atoms with Gasteiger partial charge in [0.05, 0.1) is 5.92 Å². The topological polar surface area (TPSA) is 113 Å². The second-order valence-corrected chi connectivity index (χ2v) is 5.65. The van der Waals surface area contributed by atoms with E-state index in [0.29, 0.717) is 25.3 Å². The van der Waals surface area contributed by atoms with Gasteiger partial charge in [-0.2, -0.15) is 4.98 Å². The first-order valence-electron chi connectivity index (χ1n) is 7.83. The van der Waals surface area contributed by atoms with Gasteiger partial charge in [0.15, 0.2) is 0 Å². The molecule has 1 saturated heterocycles. The van der Waals surface area contributed by atoms with Gasteiger partial charge in [0.1, 0.15) is 11.6 Å². The Bertz CT molecular complexity index is 642. The third kappa shape index (κ3) is 3.97. The predicted molar refractivity (Wildman–Crippen MR) is 86.7 cm³/mol. The lowest BCUT2D eigenvalue weighted by atomic mass is 9.97. The van der Waals surface area contributed by atoms with Crippen LogP contribution in [0.1, 0.15) is 18.7 Å². The summed E-state index contributed by atoms with van der Waals surface area (Å²) in [6, 6.07) is 5.84. The van der Waals surface area contributed by atoms with E-state index in [4.69, 9.17) is 5.73 Å². The summed E-state index contributed by atoms with van der Waals surface area (Å²) in [5.41, 5.74) is 5.45. The number of carbonyl (C=O) groups excluding carboxylic acids is 1. The predicted octanol–water partition coefficient (Wildman–Crippen LogP) is 0.357. The van der Waals surface area contributed by atoms with E-state index in [0.717, 1.165) is 25.2 Å². The molecule has 2 aromatic heterocycles. The van der Waals surface area contributed by atoms with Gasteiger partial charge in [-0.1, -0.05) is 6.07 Å². The smallest absolute Gasteiger partial charge is 0.239 e. The number of H-pyrrole nitrogens is 1. The number of aromatic nitrogens is 4. The zero-order valence-corrected chi connectivity index (χ0v) is 12.9. The zero-order valence-electron chi connectivity index (χ0n) is 12.9. The molecule has 1 atom stereocenters. The fourth-order valence-electron chi connectivity index (χ4n) is 2.81. The molecular formula is C15H21N7O. The Kier molecular flexibility index (Phi) is 4.70. The quantitative estimate of drug-likeness (QED) is 0.734. The number of nitrogen functional groups attached to an aromatic ring is 1. The second kappa shape index (κ2) is 7.08. The number of nitrogens with zero attached hydrogens (tertiary/aromatic N) is 4. The van der Waals surface area contributed by atoms with E-state index in [1.165, 1.54) is 0 Å². The summed E-state index contributed by atoms with van der Waals surface area (Å²) in [4.78, 5) is 22.9. The van der Waals surface area contributed by atoms with Crippen LogP contribution in [0.4, 0.5) is 11.8 Å². The van der Waals surface area contributed by atoms with Gasteiger partial charge < -0.3 is 16.0 Å². The molecule has 1 amide bonds. The number of nitrogens with two attached hydrogens (primary N) is 1. The molecule has 0 saturated carbocycles. The van der Waals surface area contributed by atoms with Gasteiger partial charge in [0, 0.05) is 32.3 Å². The minimum atomic E-state index is -0.00875. The van der Waals surface area contributed by atoms with Gasteiger partial charge in [0.2, 0.25) is 11.9 Å². The number of anilines is 2. The van der Waals surface area contributed by atoms with Crippen molar-refractivity contribution in [3.63, 3.8) is 0 Å². The molecule has 23 heavy (non-hydrogen) atoms. The molecule has 122 valence electrons. The lowest BCUT2D eigenvalue weighted by molar-refractivity contribution is -0.125. The molecule has 0 spiro atoms. The van der Waals surface area contributed by atoms with Crippen LogP contribution < -0.4 is 16.0 Å². The molecule has 0 aromatic carbocycles. The highest BCUT2D eigenvalue weighted by atomic mass is 16.1. The van der Waals surface area contributed by atoms with Gasteiger partial charge in [-0.25, -0.2) is 4.98 Å². The van der Waals surface area contributed by atoms with Gasteiger partial charge in [-0.15, -0.1) is 5.10 Å². The van der Waals surface area contributed by atoms with Gasteiger partial charge in [-0.3, -0.25) is 9.89 Å². The minimum Gasteiger partial charge on any atom is -0.367 e. The normalized spacial score (nSPS) is 17.9. The van der Waals surface area contributed by atoms with Crippen LogP contribution >= 0.6 is 0 Å². The molecule has 1 aliphatic rings. The number of pyridine rings is 1. The molecule has 3 heterocycles. The number of carbonyl (C=O) groups is 1. The van der Waals surface area contributed by atoms with Crippen LogP contribution in [0.3, 0.4) is 0 Å². The highest BCUT2D eigenvalue weighted by molar-refractivity contribution is 5.79. The Hall–Kier alpha value is -2.64. The van der Waals surface area contributed by atoms with E-state index in [1.807, 2.05) is 18.2 Å². The van der Waals surface area contributed by atoms with Crippen LogP contribution in [0.2, 0.25) is 0 Å². The van der Waals surface area contributed by atoms with E-state index >= 15 is 0 Å². The van der Waals surface area contributed by atoms with Crippen molar-refractivity contribution in [3.05, 3.63) is 30.2 Å². The van der Waals surface area contributed by atoms with Crippen LogP contribution in [0.5, 0.6) is 0 Å². The molecule has 0 aliphatic carbocycles. The van der Waals surface area contributed by atoms with Crippen molar-refractivity contribution in [2.75, 3.05) is 30.3 Å². The van der Waals surface area contributed by atoms with Crippen molar-refractivity contribution in [2.45, 2.75) is 19.3 Å². The van der Waals surface area contributed by atoms with Gasteiger partial charge >= 0.3 is 0 Å². The van der Waals surface area contributed by atoms with Crippen molar-refractivity contribution in [2.24, 2.45) is 5.92 Å². The first kappa shape index (κ1) is 15.3. The summed E-state index contributed by atoms with van der Waals surface area (Å²) in [7, 11) is 0. The molecule has 1 aliphatic heterocycles. The molecule has 8 nitrogen and oxygen atoms in total. The Balaban J connectivity index is 1.49. The van der Waals surface area contributed by atoms with E-state index in [9.17, 15) is 4.79 Å². The maximum Gasteiger partial charge on any atom is 0.239 e. The van der Waals surface area contributed by atoms with Crippen molar-refractivity contribution in [1.29, 1.82) is 0 Å². The molecular weight excluding hydrogens is 294 g/mol. The molecule has 3 rings (SSSR count). The number of hydrogen-bond acceptors (Lipinski definition) is 6. The number of aromatic amines is 1. The average Bonchev–Trinajstić information content (AvgIpc) is 3.01. The van der Waals surface area contributed by atoms with Gasteiger partial charge in [0.25, 0.3) is 0 Å². The van der Waals surface area contributed by atoms with Crippen molar-refractivity contribution in [1.82, 2.24) is 25.5 Å². The van der Waals surface area contributed by atoms with E-state index in [2.05, 4.69) is 30.4 Å². The van der Waals surface area contributed by atoms with Crippen LogP contribution in [0.25, 0.3) is 0 Å². The molecule has 2 aromatic rings. The highest BCUT2D eigenvalue weighted by Crippen LogP contribution is 2.21. The van der Waals surface area contributed by atoms with Crippen LogP contribution in [-0.2, 0) is 11.2 Å². The first-order chi connectivity index (χ1) is 11.2. The van der Waals surface area contributed by atoms with Crippen LogP contribution in [0.15, 0.2) is 24.4 Å². The monoisotopic (exact) mass is 315 g/mol. The summed E-state index contributed by atoms with van der Waals surface area (Å²) in [6.07, 6.45) is 4.27. The molecule has 4 N–H and O–H groups in total. The fraction of sp³-hybridized carbons (Fsp3) is 0.467. The van der Waals surface area contributed by atoms with Crippen LogP contribution in [0, 0.1) is 5.92 Å². The second-order valence-electron chi connectivity index (χ2n) is 5.65. The number of piperidine rings is 1. The third-order valence-electron chi connectivity index (χ3n) is 3.98. The number of nitrogens with one attached hydrogen (secondary N) is 2. The Morgan fingerprint density at radius 2 is 2.39 bits per heavy atom. The molecule has 0 bridgehead atoms.